The van der Waals surface area contributed by atoms with Crippen molar-refractivity contribution in [1.29, 1.82) is 0 Å². The maximum Gasteiger partial charge on any atom is 0.0447 e. The highest BCUT2D eigenvalue weighted by molar-refractivity contribution is 5.30. The van der Waals surface area contributed by atoms with Gasteiger partial charge in [0, 0.05) is 12.6 Å². The highest BCUT2D eigenvalue weighted by Gasteiger charge is 2.23. The van der Waals surface area contributed by atoms with Crippen LogP contribution < -0.4 is 5.32 Å². The normalized spacial score (nSPS) is 19.1. The lowest BCUT2D eigenvalue weighted by Gasteiger charge is -2.36. The first-order valence-electron chi connectivity index (χ1n) is 8.47. The molecule has 0 bridgehead atoms. The SMILES string of the molecule is CNC(CN1CCC(C(C)C)CC1)c1cc(C)cc(C)c1. The van der Waals surface area contributed by atoms with Crippen LogP contribution in [0.1, 0.15) is 49.4 Å². The van der Waals surface area contributed by atoms with Gasteiger partial charge in [-0.25, -0.2) is 0 Å². The topological polar surface area (TPSA) is 15.3 Å². The van der Waals surface area contributed by atoms with Crippen molar-refractivity contribution in [2.45, 2.75) is 46.6 Å². The average Bonchev–Trinajstić information content (AvgIpc) is 2.44. The molecule has 0 spiro atoms. The number of hydrogen-bond acceptors (Lipinski definition) is 2. The zero-order chi connectivity index (χ0) is 15.4. The predicted molar refractivity (Wildman–Crippen MR) is 91.7 cm³/mol. The number of nitrogens with zero attached hydrogens (tertiary/aromatic N) is 1. The maximum absolute atomic E-state index is 3.51. The highest BCUT2D eigenvalue weighted by atomic mass is 15.1. The van der Waals surface area contributed by atoms with Crippen LogP contribution in [0.5, 0.6) is 0 Å². The lowest BCUT2D eigenvalue weighted by Crippen LogP contribution is -2.40. The van der Waals surface area contributed by atoms with E-state index < -0.39 is 0 Å². The lowest BCUT2D eigenvalue weighted by atomic mass is 9.86. The first-order valence-corrected chi connectivity index (χ1v) is 8.47. The molecule has 1 heterocycles. The zero-order valence-corrected chi connectivity index (χ0v) is 14.4. The summed E-state index contributed by atoms with van der Waals surface area (Å²) in [5, 5.41) is 3.51. The van der Waals surface area contributed by atoms with E-state index in [1.54, 1.807) is 0 Å². The molecular formula is C19H32N2. The van der Waals surface area contributed by atoms with Crippen LogP contribution in [0.25, 0.3) is 0 Å². The molecule has 0 aromatic heterocycles. The fourth-order valence-corrected chi connectivity index (χ4v) is 3.63. The van der Waals surface area contributed by atoms with E-state index in [0.29, 0.717) is 6.04 Å². The molecule has 1 N–H and O–H groups in total. The molecule has 1 saturated heterocycles. The highest BCUT2D eigenvalue weighted by Crippen LogP contribution is 2.26. The van der Waals surface area contributed by atoms with Crippen molar-refractivity contribution in [2.75, 3.05) is 26.7 Å². The Labute approximate surface area is 130 Å². The quantitative estimate of drug-likeness (QED) is 0.883. The number of hydrogen-bond donors (Lipinski definition) is 1. The summed E-state index contributed by atoms with van der Waals surface area (Å²) in [5.41, 5.74) is 4.16. The van der Waals surface area contributed by atoms with E-state index in [4.69, 9.17) is 0 Å². The molecule has 1 atom stereocenters. The molecule has 21 heavy (non-hydrogen) atoms. The van der Waals surface area contributed by atoms with Crippen molar-refractivity contribution in [3.05, 3.63) is 34.9 Å². The third kappa shape index (κ3) is 4.55. The summed E-state index contributed by atoms with van der Waals surface area (Å²) >= 11 is 0. The Morgan fingerprint density at radius 1 is 1.10 bits per heavy atom. The minimum Gasteiger partial charge on any atom is -0.312 e. The Balaban J connectivity index is 1.97. The van der Waals surface area contributed by atoms with Crippen LogP contribution in [0.15, 0.2) is 18.2 Å². The molecule has 1 aliphatic heterocycles. The standard InChI is InChI=1S/C19H32N2/c1-14(2)17-6-8-21(9-7-17)13-19(20-5)18-11-15(3)10-16(4)12-18/h10-12,14,17,19-20H,6-9,13H2,1-5H3. The molecule has 1 aromatic carbocycles. The van der Waals surface area contributed by atoms with E-state index in [0.717, 1.165) is 18.4 Å². The Morgan fingerprint density at radius 3 is 2.14 bits per heavy atom. The van der Waals surface area contributed by atoms with Crippen LogP contribution in [0.4, 0.5) is 0 Å². The van der Waals surface area contributed by atoms with Crippen molar-refractivity contribution in [3.8, 4) is 0 Å². The fourth-order valence-electron chi connectivity index (χ4n) is 3.63. The molecule has 0 saturated carbocycles. The third-order valence-electron chi connectivity index (χ3n) is 5.01. The molecule has 0 radical (unpaired) electrons. The van der Waals surface area contributed by atoms with Gasteiger partial charge in [0.1, 0.15) is 0 Å². The molecule has 2 heteroatoms. The number of aryl methyl sites for hydroxylation is 2. The van der Waals surface area contributed by atoms with E-state index in [1.807, 2.05) is 0 Å². The van der Waals surface area contributed by atoms with Gasteiger partial charge in [0.25, 0.3) is 0 Å². The molecular weight excluding hydrogens is 256 g/mol. The molecule has 1 aliphatic rings. The van der Waals surface area contributed by atoms with Gasteiger partial charge in [-0.15, -0.1) is 0 Å². The lowest BCUT2D eigenvalue weighted by molar-refractivity contribution is 0.147. The fraction of sp³-hybridized carbons (Fsp3) is 0.684. The van der Waals surface area contributed by atoms with Gasteiger partial charge >= 0.3 is 0 Å². The summed E-state index contributed by atoms with van der Waals surface area (Å²) in [4.78, 5) is 2.64. The molecule has 118 valence electrons. The molecule has 0 amide bonds. The van der Waals surface area contributed by atoms with Gasteiger partial charge < -0.3 is 10.2 Å². The van der Waals surface area contributed by atoms with E-state index in [2.05, 4.69) is 63.2 Å². The largest absolute Gasteiger partial charge is 0.312 e. The summed E-state index contributed by atoms with van der Waals surface area (Å²) in [6, 6.07) is 7.35. The minimum atomic E-state index is 0.444. The van der Waals surface area contributed by atoms with Gasteiger partial charge in [0.15, 0.2) is 0 Å². The van der Waals surface area contributed by atoms with Crippen LogP contribution in [-0.4, -0.2) is 31.6 Å². The molecule has 2 rings (SSSR count). The average molecular weight is 288 g/mol. The third-order valence-corrected chi connectivity index (χ3v) is 5.01. The number of likely N-dealkylation sites (N-methyl/N-ethyl adjacent to an activating group) is 1. The van der Waals surface area contributed by atoms with Gasteiger partial charge in [-0.2, -0.15) is 0 Å². The van der Waals surface area contributed by atoms with Crippen LogP contribution >= 0.6 is 0 Å². The van der Waals surface area contributed by atoms with Gasteiger partial charge in [0.05, 0.1) is 0 Å². The van der Waals surface area contributed by atoms with Crippen LogP contribution in [0.2, 0.25) is 0 Å². The summed E-state index contributed by atoms with van der Waals surface area (Å²) in [6.07, 6.45) is 2.72. The summed E-state index contributed by atoms with van der Waals surface area (Å²) in [7, 11) is 2.09. The van der Waals surface area contributed by atoms with Gasteiger partial charge in [0.2, 0.25) is 0 Å². The van der Waals surface area contributed by atoms with Crippen LogP contribution in [-0.2, 0) is 0 Å². The summed E-state index contributed by atoms with van der Waals surface area (Å²) in [5.74, 6) is 1.77. The second kappa shape index (κ2) is 7.42. The molecule has 1 aromatic rings. The van der Waals surface area contributed by atoms with Gasteiger partial charge in [-0.05, 0) is 64.2 Å². The number of likely N-dealkylation sites (tertiary alicyclic amines) is 1. The van der Waals surface area contributed by atoms with E-state index >= 15 is 0 Å². The first-order chi connectivity index (χ1) is 9.99. The zero-order valence-electron chi connectivity index (χ0n) is 14.4. The van der Waals surface area contributed by atoms with E-state index in [9.17, 15) is 0 Å². The second-order valence-corrected chi connectivity index (χ2v) is 7.14. The smallest absolute Gasteiger partial charge is 0.0447 e. The first kappa shape index (κ1) is 16.5. The Bertz CT molecular complexity index is 425. The molecule has 1 unspecified atom stereocenters. The van der Waals surface area contributed by atoms with Crippen molar-refractivity contribution < 1.29 is 0 Å². The van der Waals surface area contributed by atoms with Crippen molar-refractivity contribution >= 4 is 0 Å². The van der Waals surface area contributed by atoms with E-state index in [1.165, 1.54) is 42.6 Å². The number of piperidine rings is 1. The van der Waals surface area contributed by atoms with Gasteiger partial charge in [-0.1, -0.05) is 43.2 Å². The monoisotopic (exact) mass is 288 g/mol. The number of nitrogens with one attached hydrogen (secondary N) is 1. The van der Waals surface area contributed by atoms with Crippen LogP contribution in [0.3, 0.4) is 0 Å². The summed E-state index contributed by atoms with van der Waals surface area (Å²) in [6.45, 7) is 12.8. The number of rotatable bonds is 5. The second-order valence-electron chi connectivity index (χ2n) is 7.14. The molecule has 1 fully saturated rings. The minimum absolute atomic E-state index is 0.444. The Morgan fingerprint density at radius 2 is 1.67 bits per heavy atom. The van der Waals surface area contributed by atoms with Gasteiger partial charge in [-0.3, -0.25) is 0 Å². The summed E-state index contributed by atoms with van der Waals surface area (Å²) < 4.78 is 0. The van der Waals surface area contributed by atoms with Crippen molar-refractivity contribution in [1.82, 2.24) is 10.2 Å². The Hall–Kier alpha value is -0.860. The molecule has 0 aliphatic carbocycles. The predicted octanol–water partition coefficient (Wildman–Crippen LogP) is 3.93. The van der Waals surface area contributed by atoms with Crippen molar-refractivity contribution in [3.63, 3.8) is 0 Å². The number of benzene rings is 1. The molecule has 2 nitrogen and oxygen atoms in total. The van der Waals surface area contributed by atoms with E-state index in [-0.39, 0.29) is 0 Å². The maximum atomic E-state index is 3.51. The van der Waals surface area contributed by atoms with Crippen molar-refractivity contribution in [2.24, 2.45) is 11.8 Å². The Kier molecular flexibility index (Phi) is 5.83. The van der Waals surface area contributed by atoms with Crippen LogP contribution in [0, 0.1) is 25.7 Å².